The second-order valence-electron chi connectivity index (χ2n) is 6.12. The minimum absolute atomic E-state index is 0.128. The van der Waals surface area contributed by atoms with E-state index < -0.39 is 6.17 Å². The molecule has 17 heavy (non-hydrogen) atoms. The number of halogens is 1. The summed E-state index contributed by atoms with van der Waals surface area (Å²) in [6.45, 7) is 11.4. The van der Waals surface area contributed by atoms with Crippen LogP contribution in [0.4, 0.5) is 4.39 Å². The average molecular weight is 244 g/mol. The SMILES string of the molecule is CC(C)CCN(C)[C@@H]1CCN(C(C)C)C[C@@H]1F. The maximum Gasteiger partial charge on any atom is 0.128 e. The molecule has 1 saturated heterocycles. The van der Waals surface area contributed by atoms with Gasteiger partial charge in [-0.2, -0.15) is 0 Å². The first-order valence-corrected chi connectivity index (χ1v) is 7.00. The van der Waals surface area contributed by atoms with Crippen LogP contribution in [0.3, 0.4) is 0 Å². The van der Waals surface area contributed by atoms with Gasteiger partial charge in [0.05, 0.1) is 0 Å². The van der Waals surface area contributed by atoms with E-state index in [1.54, 1.807) is 0 Å². The molecule has 0 unspecified atom stereocenters. The summed E-state index contributed by atoms with van der Waals surface area (Å²) in [4.78, 5) is 4.47. The topological polar surface area (TPSA) is 6.48 Å². The Balaban J connectivity index is 2.40. The van der Waals surface area contributed by atoms with Crippen molar-refractivity contribution in [1.82, 2.24) is 9.80 Å². The molecular weight excluding hydrogens is 215 g/mol. The van der Waals surface area contributed by atoms with Crippen molar-refractivity contribution in [3.05, 3.63) is 0 Å². The van der Waals surface area contributed by atoms with E-state index in [9.17, 15) is 4.39 Å². The van der Waals surface area contributed by atoms with E-state index >= 15 is 0 Å². The molecule has 0 amide bonds. The van der Waals surface area contributed by atoms with Gasteiger partial charge in [0.1, 0.15) is 6.17 Å². The number of likely N-dealkylation sites (tertiary alicyclic amines) is 1. The van der Waals surface area contributed by atoms with Crippen LogP contribution < -0.4 is 0 Å². The van der Waals surface area contributed by atoms with Crippen LogP contribution in [0.15, 0.2) is 0 Å². The van der Waals surface area contributed by atoms with Gasteiger partial charge < -0.3 is 4.90 Å². The van der Waals surface area contributed by atoms with Crippen LogP contribution in [0.2, 0.25) is 0 Å². The first kappa shape index (κ1) is 14.9. The number of hydrogen-bond acceptors (Lipinski definition) is 2. The van der Waals surface area contributed by atoms with E-state index in [0.717, 1.165) is 25.9 Å². The van der Waals surface area contributed by atoms with Crippen molar-refractivity contribution < 1.29 is 4.39 Å². The third-order valence-electron chi connectivity index (χ3n) is 3.89. The van der Waals surface area contributed by atoms with E-state index in [4.69, 9.17) is 0 Å². The van der Waals surface area contributed by atoms with Crippen LogP contribution in [-0.2, 0) is 0 Å². The third-order valence-corrected chi connectivity index (χ3v) is 3.89. The lowest BCUT2D eigenvalue weighted by Gasteiger charge is -2.41. The molecule has 2 nitrogen and oxygen atoms in total. The van der Waals surface area contributed by atoms with E-state index in [2.05, 4.69) is 44.5 Å². The summed E-state index contributed by atoms with van der Waals surface area (Å²) in [7, 11) is 2.07. The Morgan fingerprint density at radius 2 is 1.94 bits per heavy atom. The summed E-state index contributed by atoms with van der Waals surface area (Å²) in [5.41, 5.74) is 0. The zero-order chi connectivity index (χ0) is 13.0. The zero-order valence-electron chi connectivity index (χ0n) is 12.1. The molecule has 0 bridgehead atoms. The van der Waals surface area contributed by atoms with Gasteiger partial charge in [0.25, 0.3) is 0 Å². The van der Waals surface area contributed by atoms with Crippen molar-refractivity contribution in [2.75, 3.05) is 26.7 Å². The van der Waals surface area contributed by atoms with Crippen molar-refractivity contribution in [3.8, 4) is 0 Å². The summed E-state index contributed by atoms with van der Waals surface area (Å²) < 4.78 is 14.1. The molecule has 102 valence electrons. The Bertz CT molecular complexity index is 214. The zero-order valence-corrected chi connectivity index (χ0v) is 12.1. The molecule has 0 saturated carbocycles. The van der Waals surface area contributed by atoms with E-state index in [1.165, 1.54) is 0 Å². The van der Waals surface area contributed by atoms with Crippen molar-refractivity contribution >= 4 is 0 Å². The van der Waals surface area contributed by atoms with Gasteiger partial charge in [0.15, 0.2) is 0 Å². The quantitative estimate of drug-likeness (QED) is 0.734. The monoisotopic (exact) mass is 244 g/mol. The number of rotatable bonds is 5. The fraction of sp³-hybridized carbons (Fsp3) is 1.00. The normalized spacial score (nSPS) is 27.4. The minimum Gasteiger partial charge on any atom is -0.300 e. The first-order chi connectivity index (χ1) is 7.91. The largest absolute Gasteiger partial charge is 0.300 e. The molecule has 1 rings (SSSR count). The highest BCUT2D eigenvalue weighted by Crippen LogP contribution is 2.21. The highest BCUT2D eigenvalue weighted by Gasteiger charge is 2.32. The molecule has 1 aliphatic rings. The predicted octanol–water partition coefficient (Wildman–Crippen LogP) is 2.79. The van der Waals surface area contributed by atoms with Gasteiger partial charge in [-0.25, -0.2) is 4.39 Å². The smallest absolute Gasteiger partial charge is 0.128 e. The highest BCUT2D eigenvalue weighted by atomic mass is 19.1. The lowest BCUT2D eigenvalue weighted by molar-refractivity contribution is 0.0321. The number of nitrogens with zero attached hydrogens (tertiary/aromatic N) is 2. The summed E-state index contributed by atoms with van der Waals surface area (Å²) >= 11 is 0. The van der Waals surface area contributed by atoms with Gasteiger partial charge in [0.2, 0.25) is 0 Å². The molecule has 0 radical (unpaired) electrons. The van der Waals surface area contributed by atoms with Crippen LogP contribution in [0.25, 0.3) is 0 Å². The van der Waals surface area contributed by atoms with Crippen LogP contribution in [-0.4, -0.2) is 54.7 Å². The van der Waals surface area contributed by atoms with Crippen LogP contribution in [0.5, 0.6) is 0 Å². The Labute approximate surface area is 106 Å². The van der Waals surface area contributed by atoms with Gasteiger partial charge >= 0.3 is 0 Å². The number of alkyl halides is 1. The van der Waals surface area contributed by atoms with Crippen LogP contribution >= 0.6 is 0 Å². The molecule has 1 aliphatic heterocycles. The van der Waals surface area contributed by atoms with Crippen molar-refractivity contribution in [2.24, 2.45) is 5.92 Å². The molecule has 0 aromatic carbocycles. The van der Waals surface area contributed by atoms with Crippen molar-refractivity contribution in [2.45, 2.75) is 58.8 Å². The third kappa shape index (κ3) is 4.55. The second kappa shape index (κ2) is 6.69. The van der Waals surface area contributed by atoms with Crippen LogP contribution in [0.1, 0.15) is 40.5 Å². The predicted molar refractivity (Wildman–Crippen MR) is 72.1 cm³/mol. The fourth-order valence-corrected chi connectivity index (χ4v) is 2.51. The van der Waals surface area contributed by atoms with Gasteiger partial charge in [-0.05, 0) is 46.2 Å². The molecule has 0 aliphatic carbocycles. The van der Waals surface area contributed by atoms with Crippen molar-refractivity contribution in [1.29, 1.82) is 0 Å². The van der Waals surface area contributed by atoms with E-state index in [1.807, 2.05) is 0 Å². The number of hydrogen-bond donors (Lipinski definition) is 0. The lowest BCUT2D eigenvalue weighted by atomic mass is 9.99. The Morgan fingerprint density at radius 1 is 1.29 bits per heavy atom. The van der Waals surface area contributed by atoms with Gasteiger partial charge in [-0.1, -0.05) is 13.8 Å². The lowest BCUT2D eigenvalue weighted by Crippen LogP contribution is -2.53. The molecule has 1 heterocycles. The molecule has 0 aromatic heterocycles. The van der Waals surface area contributed by atoms with Crippen LogP contribution in [0, 0.1) is 5.92 Å². The Morgan fingerprint density at radius 3 is 2.41 bits per heavy atom. The molecule has 0 aromatic rings. The summed E-state index contributed by atoms with van der Waals surface area (Å²) in [5, 5.41) is 0. The van der Waals surface area contributed by atoms with E-state index in [0.29, 0.717) is 18.5 Å². The fourth-order valence-electron chi connectivity index (χ4n) is 2.51. The standard InChI is InChI=1S/C14H29FN2/c1-11(2)6-8-16(5)14-7-9-17(12(3)4)10-13(14)15/h11-14H,6-10H2,1-5H3/t13-,14+/m0/s1. The molecule has 0 N–H and O–H groups in total. The maximum atomic E-state index is 14.1. The number of piperidine rings is 1. The summed E-state index contributed by atoms with van der Waals surface area (Å²) in [6, 6.07) is 0.596. The van der Waals surface area contributed by atoms with Gasteiger partial charge in [-0.3, -0.25) is 4.90 Å². The molecular formula is C14H29FN2. The second-order valence-corrected chi connectivity index (χ2v) is 6.12. The molecule has 2 atom stereocenters. The highest BCUT2D eigenvalue weighted by molar-refractivity contribution is 4.87. The van der Waals surface area contributed by atoms with E-state index in [-0.39, 0.29) is 6.04 Å². The molecule has 3 heteroatoms. The Hall–Kier alpha value is -0.150. The van der Waals surface area contributed by atoms with Gasteiger partial charge in [0, 0.05) is 25.2 Å². The Kier molecular flexibility index (Phi) is 5.87. The molecule has 0 spiro atoms. The first-order valence-electron chi connectivity index (χ1n) is 7.00. The van der Waals surface area contributed by atoms with Crippen molar-refractivity contribution in [3.63, 3.8) is 0 Å². The molecule has 1 fully saturated rings. The minimum atomic E-state index is -0.691. The summed E-state index contributed by atoms with van der Waals surface area (Å²) in [6.07, 6.45) is 1.44. The maximum absolute atomic E-state index is 14.1. The van der Waals surface area contributed by atoms with Gasteiger partial charge in [-0.15, -0.1) is 0 Å². The summed E-state index contributed by atoms with van der Waals surface area (Å²) in [5.74, 6) is 0.700. The average Bonchev–Trinajstić information content (AvgIpc) is 2.25.